The Morgan fingerprint density at radius 2 is 2.00 bits per heavy atom. The Kier molecular flexibility index (Phi) is 5.28. The van der Waals surface area contributed by atoms with Crippen LogP contribution < -0.4 is 0 Å². The number of fused-ring (bicyclic) bond motifs is 1. The fourth-order valence-corrected chi connectivity index (χ4v) is 4.36. The van der Waals surface area contributed by atoms with Gasteiger partial charge in [-0.15, -0.1) is 22.7 Å². The number of thiophene rings is 1. The third kappa shape index (κ3) is 3.83. The highest BCUT2D eigenvalue weighted by atomic mass is 32.1. The van der Waals surface area contributed by atoms with Gasteiger partial charge in [-0.2, -0.15) is 0 Å². The predicted molar refractivity (Wildman–Crippen MR) is 101 cm³/mol. The van der Waals surface area contributed by atoms with Gasteiger partial charge in [0.1, 0.15) is 5.01 Å². The van der Waals surface area contributed by atoms with Crippen LogP contribution in [-0.2, 0) is 11.3 Å². The van der Waals surface area contributed by atoms with Crippen molar-refractivity contribution in [3.63, 3.8) is 0 Å². The van der Waals surface area contributed by atoms with Gasteiger partial charge >= 0.3 is 0 Å². The first kappa shape index (κ1) is 17.1. The maximum atomic E-state index is 12.6. The molecule has 0 radical (unpaired) electrons. The third-order valence-electron chi connectivity index (χ3n) is 4.05. The molecular formula is C18H21N3OS2. The van der Waals surface area contributed by atoms with E-state index in [2.05, 4.69) is 27.4 Å². The lowest BCUT2D eigenvalue weighted by molar-refractivity contribution is -0.132. The number of rotatable bonds is 6. The molecule has 4 nitrogen and oxygen atoms in total. The van der Waals surface area contributed by atoms with Crippen molar-refractivity contribution in [3.05, 3.63) is 51.7 Å². The highest BCUT2D eigenvalue weighted by Gasteiger charge is 2.21. The summed E-state index contributed by atoms with van der Waals surface area (Å²) >= 11 is 3.37. The number of benzene rings is 1. The summed E-state index contributed by atoms with van der Waals surface area (Å²) in [4.78, 5) is 22.4. The maximum absolute atomic E-state index is 12.6. The molecule has 0 aliphatic heterocycles. The number of para-hydroxylation sites is 1. The number of likely N-dealkylation sites (N-methyl/N-ethyl adjacent to an activating group) is 2. The average Bonchev–Trinajstić information content (AvgIpc) is 3.22. The van der Waals surface area contributed by atoms with E-state index >= 15 is 0 Å². The first-order valence-electron chi connectivity index (χ1n) is 7.86. The van der Waals surface area contributed by atoms with Crippen LogP contribution in [0.5, 0.6) is 0 Å². The second-order valence-electron chi connectivity index (χ2n) is 5.95. The van der Waals surface area contributed by atoms with Crippen molar-refractivity contribution < 1.29 is 4.79 Å². The van der Waals surface area contributed by atoms with Gasteiger partial charge in [-0.05, 0) is 37.6 Å². The Morgan fingerprint density at radius 3 is 2.71 bits per heavy atom. The van der Waals surface area contributed by atoms with E-state index < -0.39 is 0 Å². The molecule has 0 fully saturated rings. The van der Waals surface area contributed by atoms with Crippen LogP contribution in [-0.4, -0.2) is 41.3 Å². The molecule has 0 aliphatic rings. The summed E-state index contributed by atoms with van der Waals surface area (Å²) in [5.41, 5.74) is 1.00. The van der Waals surface area contributed by atoms with Gasteiger partial charge in [-0.1, -0.05) is 18.2 Å². The fourth-order valence-electron chi connectivity index (χ4n) is 2.52. The Morgan fingerprint density at radius 1 is 1.21 bits per heavy atom. The summed E-state index contributed by atoms with van der Waals surface area (Å²) in [5, 5.41) is 3.04. The van der Waals surface area contributed by atoms with Crippen LogP contribution in [0.2, 0.25) is 0 Å². The number of hydrogen-bond donors (Lipinski definition) is 0. The molecule has 0 N–H and O–H groups in total. The lowest BCUT2D eigenvalue weighted by Gasteiger charge is -2.25. The second-order valence-corrected chi connectivity index (χ2v) is 8.05. The number of carbonyl (C=O) groups is 1. The third-order valence-corrected chi connectivity index (χ3v) is 6.12. The molecule has 0 unspecified atom stereocenters. The fraction of sp³-hybridized carbons (Fsp3) is 0.333. The van der Waals surface area contributed by atoms with E-state index in [-0.39, 0.29) is 11.9 Å². The molecule has 126 valence electrons. The highest BCUT2D eigenvalue weighted by molar-refractivity contribution is 7.18. The molecule has 1 aromatic carbocycles. The van der Waals surface area contributed by atoms with Gasteiger partial charge in [0.05, 0.1) is 22.8 Å². The Hall–Kier alpha value is -1.76. The first-order chi connectivity index (χ1) is 11.5. The monoisotopic (exact) mass is 359 g/mol. The van der Waals surface area contributed by atoms with Crippen molar-refractivity contribution in [1.29, 1.82) is 0 Å². The number of carbonyl (C=O) groups excluding carboxylic acids is 1. The normalized spacial score (nSPS) is 12.7. The van der Waals surface area contributed by atoms with Crippen molar-refractivity contribution in [2.45, 2.75) is 19.5 Å². The van der Waals surface area contributed by atoms with Crippen molar-refractivity contribution in [2.24, 2.45) is 0 Å². The van der Waals surface area contributed by atoms with Gasteiger partial charge in [-0.3, -0.25) is 9.69 Å². The number of amides is 1. The van der Waals surface area contributed by atoms with E-state index in [0.717, 1.165) is 21.8 Å². The molecule has 3 aromatic rings. The molecule has 6 heteroatoms. The summed E-state index contributed by atoms with van der Waals surface area (Å²) < 4.78 is 1.16. The molecule has 1 amide bonds. The molecule has 0 aliphatic carbocycles. The molecule has 3 rings (SSSR count). The molecule has 0 spiro atoms. The van der Waals surface area contributed by atoms with Crippen molar-refractivity contribution >= 4 is 38.8 Å². The van der Waals surface area contributed by atoms with Gasteiger partial charge in [0.2, 0.25) is 5.91 Å². The SMILES string of the molecule is C[C@H](c1nc2ccccc2s1)N(C)C(=O)CN(C)Cc1cccs1. The molecule has 0 bridgehead atoms. The van der Waals surface area contributed by atoms with E-state index in [1.165, 1.54) is 4.88 Å². The van der Waals surface area contributed by atoms with Crippen LogP contribution in [0.3, 0.4) is 0 Å². The van der Waals surface area contributed by atoms with Crippen molar-refractivity contribution in [1.82, 2.24) is 14.8 Å². The van der Waals surface area contributed by atoms with Crippen LogP contribution in [0.4, 0.5) is 0 Å². The molecule has 0 saturated carbocycles. The molecule has 2 aromatic heterocycles. The zero-order valence-electron chi connectivity index (χ0n) is 14.1. The average molecular weight is 360 g/mol. The van der Waals surface area contributed by atoms with E-state index in [9.17, 15) is 4.79 Å². The molecular weight excluding hydrogens is 338 g/mol. The highest BCUT2D eigenvalue weighted by Crippen LogP contribution is 2.28. The predicted octanol–water partition coefficient (Wildman–Crippen LogP) is 4.01. The second kappa shape index (κ2) is 7.42. The van der Waals surface area contributed by atoms with Crippen LogP contribution in [0.15, 0.2) is 41.8 Å². The molecule has 0 saturated heterocycles. The van der Waals surface area contributed by atoms with Gasteiger partial charge < -0.3 is 4.90 Å². The van der Waals surface area contributed by atoms with Gasteiger partial charge in [0.25, 0.3) is 0 Å². The maximum Gasteiger partial charge on any atom is 0.237 e. The van der Waals surface area contributed by atoms with Crippen molar-refractivity contribution in [2.75, 3.05) is 20.6 Å². The minimum atomic E-state index is -0.0231. The zero-order valence-corrected chi connectivity index (χ0v) is 15.7. The first-order valence-corrected chi connectivity index (χ1v) is 9.56. The Bertz CT molecular complexity index is 780. The van der Waals surface area contributed by atoms with Crippen LogP contribution in [0.25, 0.3) is 10.2 Å². The Balaban J connectivity index is 1.63. The zero-order chi connectivity index (χ0) is 17.1. The molecule has 1 atom stereocenters. The molecule has 2 heterocycles. The van der Waals surface area contributed by atoms with Crippen molar-refractivity contribution in [3.8, 4) is 0 Å². The lowest BCUT2D eigenvalue weighted by atomic mass is 10.3. The topological polar surface area (TPSA) is 36.4 Å². The van der Waals surface area contributed by atoms with E-state index in [1.54, 1.807) is 27.6 Å². The van der Waals surface area contributed by atoms with Gasteiger partial charge in [0.15, 0.2) is 0 Å². The molecule has 24 heavy (non-hydrogen) atoms. The standard InChI is InChI=1S/C18H21N3OS2/c1-13(18-19-15-8-4-5-9-16(15)24-18)21(3)17(22)12-20(2)11-14-7-6-10-23-14/h4-10,13H,11-12H2,1-3H3/t13-/m1/s1. The summed E-state index contributed by atoms with van der Waals surface area (Å²) in [7, 11) is 3.84. The number of nitrogens with zero attached hydrogens (tertiary/aromatic N) is 3. The summed E-state index contributed by atoms with van der Waals surface area (Å²) in [5.74, 6) is 0.112. The van der Waals surface area contributed by atoms with Gasteiger partial charge in [-0.25, -0.2) is 4.98 Å². The summed E-state index contributed by atoms with van der Waals surface area (Å²) in [6.07, 6.45) is 0. The van der Waals surface area contributed by atoms with Crippen LogP contribution >= 0.6 is 22.7 Å². The van der Waals surface area contributed by atoms with Gasteiger partial charge in [0, 0.05) is 18.5 Å². The lowest BCUT2D eigenvalue weighted by Crippen LogP contribution is -2.37. The summed E-state index contributed by atoms with van der Waals surface area (Å²) in [6, 6.07) is 12.2. The van der Waals surface area contributed by atoms with Crippen LogP contribution in [0, 0.1) is 0 Å². The largest absolute Gasteiger partial charge is 0.335 e. The quantitative estimate of drug-likeness (QED) is 0.667. The van der Waals surface area contributed by atoms with E-state index in [4.69, 9.17) is 0 Å². The van der Waals surface area contributed by atoms with Crippen LogP contribution in [0.1, 0.15) is 22.9 Å². The number of aromatic nitrogens is 1. The smallest absolute Gasteiger partial charge is 0.237 e. The number of hydrogen-bond acceptors (Lipinski definition) is 5. The number of thiazole rings is 1. The minimum Gasteiger partial charge on any atom is -0.335 e. The summed E-state index contributed by atoms with van der Waals surface area (Å²) in [6.45, 7) is 3.24. The van der Waals surface area contributed by atoms with E-state index in [1.807, 2.05) is 45.3 Å². The van der Waals surface area contributed by atoms with E-state index in [0.29, 0.717) is 6.54 Å². The Labute approximate surface area is 150 Å². The minimum absolute atomic E-state index is 0.0231.